The van der Waals surface area contributed by atoms with Crippen LogP contribution in [0.15, 0.2) is 48.9 Å². The first-order valence-electron chi connectivity index (χ1n) is 8.78. The van der Waals surface area contributed by atoms with Crippen LogP contribution in [0.25, 0.3) is 16.8 Å². The number of nitrogens with one attached hydrogen (secondary N) is 1. The Kier molecular flexibility index (Phi) is 4.90. The molecule has 1 fully saturated rings. The Hall–Kier alpha value is -2.77. The van der Waals surface area contributed by atoms with E-state index in [2.05, 4.69) is 20.3 Å². The molecule has 4 rings (SSSR count). The van der Waals surface area contributed by atoms with Crippen LogP contribution in [0, 0.1) is 0 Å². The number of hydrogen-bond acceptors (Lipinski definition) is 5. The molecule has 0 aliphatic carbocycles. The number of morpholine rings is 1. The van der Waals surface area contributed by atoms with Gasteiger partial charge in [-0.25, -0.2) is 9.50 Å². The number of nitrogens with zero attached hydrogens (tertiary/aromatic N) is 4. The molecular weight excluding hydrogens is 330 g/mol. The Balaban J connectivity index is 1.38. The molecule has 1 N–H and O–H groups in total. The van der Waals surface area contributed by atoms with Crippen LogP contribution < -0.4 is 5.32 Å². The highest BCUT2D eigenvalue weighted by Crippen LogP contribution is 2.23. The third kappa shape index (κ3) is 3.58. The van der Waals surface area contributed by atoms with Crippen LogP contribution in [0.1, 0.15) is 10.4 Å². The van der Waals surface area contributed by atoms with Gasteiger partial charge in [-0.1, -0.05) is 12.1 Å². The molecule has 26 heavy (non-hydrogen) atoms. The average molecular weight is 351 g/mol. The van der Waals surface area contributed by atoms with E-state index in [1.54, 1.807) is 16.9 Å². The van der Waals surface area contributed by atoms with E-state index >= 15 is 0 Å². The molecule has 0 unspecified atom stereocenters. The van der Waals surface area contributed by atoms with Crippen molar-refractivity contribution in [2.75, 3.05) is 39.4 Å². The summed E-state index contributed by atoms with van der Waals surface area (Å²) < 4.78 is 7.06. The Morgan fingerprint density at radius 2 is 2.00 bits per heavy atom. The minimum atomic E-state index is -0.0530. The van der Waals surface area contributed by atoms with E-state index in [9.17, 15) is 4.79 Å². The van der Waals surface area contributed by atoms with Gasteiger partial charge in [0.25, 0.3) is 5.91 Å². The molecule has 1 amide bonds. The zero-order valence-electron chi connectivity index (χ0n) is 14.5. The minimum Gasteiger partial charge on any atom is -0.379 e. The lowest BCUT2D eigenvalue weighted by Gasteiger charge is -2.26. The highest BCUT2D eigenvalue weighted by molar-refractivity contribution is 5.94. The standard InChI is InChI=1S/C19H21N5O2/c25-19(21-7-9-23-10-12-26-13-11-23)16-4-2-15(3-5-16)17-14-22-24-8-1-6-20-18(17)24/h1-6,8,14H,7,9-13H2,(H,21,25). The fourth-order valence-corrected chi connectivity index (χ4v) is 3.09. The normalized spacial score (nSPS) is 15.2. The number of carbonyl (C=O) groups excluding carboxylic acids is 1. The second-order valence-corrected chi connectivity index (χ2v) is 6.23. The van der Waals surface area contributed by atoms with E-state index in [0.717, 1.165) is 49.6 Å². The van der Waals surface area contributed by atoms with Crippen LogP contribution in [-0.2, 0) is 4.74 Å². The molecule has 0 atom stereocenters. The second kappa shape index (κ2) is 7.63. The zero-order valence-corrected chi connectivity index (χ0v) is 14.5. The fourth-order valence-electron chi connectivity index (χ4n) is 3.09. The van der Waals surface area contributed by atoms with Gasteiger partial charge >= 0.3 is 0 Å². The summed E-state index contributed by atoms with van der Waals surface area (Å²) in [6.07, 6.45) is 5.40. The van der Waals surface area contributed by atoms with Crippen molar-refractivity contribution < 1.29 is 9.53 Å². The second-order valence-electron chi connectivity index (χ2n) is 6.23. The largest absolute Gasteiger partial charge is 0.379 e. The molecule has 1 aliphatic heterocycles. The molecule has 3 heterocycles. The van der Waals surface area contributed by atoms with Gasteiger partial charge in [0.1, 0.15) is 0 Å². The summed E-state index contributed by atoms with van der Waals surface area (Å²) in [6, 6.07) is 9.39. The summed E-state index contributed by atoms with van der Waals surface area (Å²) in [5, 5.41) is 7.28. The topological polar surface area (TPSA) is 71.8 Å². The minimum absolute atomic E-state index is 0.0530. The monoisotopic (exact) mass is 351 g/mol. The van der Waals surface area contributed by atoms with Crippen LogP contribution in [0.3, 0.4) is 0 Å². The van der Waals surface area contributed by atoms with Crippen molar-refractivity contribution in [2.45, 2.75) is 0 Å². The van der Waals surface area contributed by atoms with E-state index in [-0.39, 0.29) is 5.91 Å². The van der Waals surface area contributed by atoms with E-state index < -0.39 is 0 Å². The van der Waals surface area contributed by atoms with Gasteiger partial charge in [0.2, 0.25) is 0 Å². The van der Waals surface area contributed by atoms with Crippen molar-refractivity contribution >= 4 is 11.6 Å². The molecule has 134 valence electrons. The molecular formula is C19H21N5O2. The molecule has 2 aromatic heterocycles. The first kappa shape index (κ1) is 16.7. The molecule has 3 aromatic rings. The Bertz CT molecular complexity index is 884. The first-order valence-corrected chi connectivity index (χ1v) is 8.78. The Labute approximate surface area is 151 Å². The van der Waals surface area contributed by atoms with Crippen molar-refractivity contribution in [3.8, 4) is 11.1 Å². The average Bonchev–Trinajstić information content (AvgIpc) is 3.13. The van der Waals surface area contributed by atoms with Crippen LogP contribution in [0.4, 0.5) is 0 Å². The van der Waals surface area contributed by atoms with Crippen LogP contribution >= 0.6 is 0 Å². The van der Waals surface area contributed by atoms with Gasteiger partial charge in [-0.05, 0) is 23.8 Å². The number of benzene rings is 1. The quantitative estimate of drug-likeness (QED) is 0.753. The number of hydrogen-bond donors (Lipinski definition) is 1. The van der Waals surface area contributed by atoms with Crippen molar-refractivity contribution in [3.63, 3.8) is 0 Å². The Morgan fingerprint density at radius 1 is 1.19 bits per heavy atom. The van der Waals surface area contributed by atoms with Crippen molar-refractivity contribution in [2.24, 2.45) is 0 Å². The summed E-state index contributed by atoms with van der Waals surface area (Å²) in [6.45, 7) is 4.89. The summed E-state index contributed by atoms with van der Waals surface area (Å²) in [4.78, 5) is 19.0. The number of ether oxygens (including phenoxy) is 1. The lowest BCUT2D eigenvalue weighted by molar-refractivity contribution is 0.0383. The van der Waals surface area contributed by atoms with Gasteiger partial charge in [-0.3, -0.25) is 9.69 Å². The number of amides is 1. The van der Waals surface area contributed by atoms with Crippen molar-refractivity contribution in [3.05, 3.63) is 54.5 Å². The Morgan fingerprint density at radius 3 is 2.81 bits per heavy atom. The number of aromatic nitrogens is 3. The summed E-state index contributed by atoms with van der Waals surface area (Å²) in [5.74, 6) is -0.0530. The van der Waals surface area contributed by atoms with Crippen LogP contribution in [-0.4, -0.2) is 64.8 Å². The molecule has 0 bridgehead atoms. The predicted octanol–water partition coefficient (Wildman–Crippen LogP) is 1.46. The molecule has 0 saturated carbocycles. The lowest BCUT2D eigenvalue weighted by atomic mass is 10.1. The predicted molar refractivity (Wildman–Crippen MR) is 98.0 cm³/mol. The third-order valence-corrected chi connectivity index (χ3v) is 4.55. The highest BCUT2D eigenvalue weighted by atomic mass is 16.5. The van der Waals surface area contributed by atoms with Gasteiger partial charge in [0, 0.05) is 49.7 Å². The molecule has 1 aliphatic rings. The van der Waals surface area contributed by atoms with Crippen molar-refractivity contribution in [1.29, 1.82) is 0 Å². The number of rotatable bonds is 5. The fraction of sp³-hybridized carbons (Fsp3) is 0.316. The summed E-state index contributed by atoms with van der Waals surface area (Å²) in [5.41, 5.74) is 3.39. The van der Waals surface area contributed by atoms with Gasteiger partial charge in [-0.2, -0.15) is 5.10 Å². The summed E-state index contributed by atoms with van der Waals surface area (Å²) in [7, 11) is 0. The highest BCUT2D eigenvalue weighted by Gasteiger charge is 2.12. The van der Waals surface area contributed by atoms with E-state index in [1.807, 2.05) is 36.5 Å². The molecule has 0 spiro atoms. The zero-order chi connectivity index (χ0) is 17.8. The molecule has 7 nitrogen and oxygen atoms in total. The summed E-state index contributed by atoms with van der Waals surface area (Å²) >= 11 is 0. The first-order chi connectivity index (χ1) is 12.8. The van der Waals surface area contributed by atoms with E-state index in [0.29, 0.717) is 12.1 Å². The maximum absolute atomic E-state index is 12.3. The molecule has 1 aromatic carbocycles. The van der Waals surface area contributed by atoms with Gasteiger partial charge < -0.3 is 10.1 Å². The number of carbonyl (C=O) groups is 1. The number of fused-ring (bicyclic) bond motifs is 1. The maximum Gasteiger partial charge on any atom is 0.251 e. The van der Waals surface area contributed by atoms with E-state index in [1.165, 1.54) is 0 Å². The molecule has 0 radical (unpaired) electrons. The molecule has 7 heteroatoms. The van der Waals surface area contributed by atoms with E-state index in [4.69, 9.17) is 4.74 Å². The van der Waals surface area contributed by atoms with Crippen molar-refractivity contribution in [1.82, 2.24) is 24.8 Å². The lowest BCUT2D eigenvalue weighted by Crippen LogP contribution is -2.41. The third-order valence-electron chi connectivity index (χ3n) is 4.55. The van der Waals surface area contributed by atoms with Gasteiger partial charge in [-0.15, -0.1) is 0 Å². The maximum atomic E-state index is 12.3. The van der Waals surface area contributed by atoms with Crippen LogP contribution in [0.5, 0.6) is 0 Å². The molecule has 1 saturated heterocycles. The SMILES string of the molecule is O=C(NCCN1CCOCC1)c1ccc(-c2cnn3cccnc23)cc1. The van der Waals surface area contributed by atoms with Crippen LogP contribution in [0.2, 0.25) is 0 Å². The smallest absolute Gasteiger partial charge is 0.251 e. The van der Waals surface area contributed by atoms with Gasteiger partial charge in [0.05, 0.1) is 19.4 Å². The van der Waals surface area contributed by atoms with Gasteiger partial charge in [0.15, 0.2) is 5.65 Å².